The summed E-state index contributed by atoms with van der Waals surface area (Å²) in [6, 6.07) is 7.21. The molecule has 1 aromatic carbocycles. The molecule has 1 N–H and O–H groups in total. The van der Waals surface area contributed by atoms with Crippen LogP contribution in [-0.2, 0) is 12.5 Å². The lowest BCUT2D eigenvalue weighted by atomic mass is 9.91. The Morgan fingerprint density at radius 3 is 2.24 bits per heavy atom. The average Bonchev–Trinajstić information content (AvgIpc) is 2.85. The van der Waals surface area contributed by atoms with Crippen molar-refractivity contribution in [2.45, 2.75) is 26.2 Å². The van der Waals surface area contributed by atoms with Crippen LogP contribution < -0.4 is 10.2 Å². The van der Waals surface area contributed by atoms with Crippen molar-refractivity contribution in [1.82, 2.24) is 9.78 Å². The van der Waals surface area contributed by atoms with E-state index in [9.17, 15) is 14.9 Å². The molecule has 0 bridgehead atoms. The molecule has 2 aromatic rings. The Kier molecular flexibility index (Phi) is 4.82. The SMILES string of the molecule is CN(C)c1ccc(NC(=O)c2c([N+](=O)[O-])c(C(C)(C)C)nn2C)cc1. The third-order valence-electron chi connectivity index (χ3n) is 3.77. The molecule has 0 aliphatic heterocycles. The molecule has 0 saturated carbocycles. The summed E-state index contributed by atoms with van der Waals surface area (Å²) >= 11 is 0. The molecule has 8 nitrogen and oxygen atoms in total. The monoisotopic (exact) mass is 345 g/mol. The van der Waals surface area contributed by atoms with E-state index in [4.69, 9.17) is 0 Å². The van der Waals surface area contributed by atoms with Gasteiger partial charge in [-0.2, -0.15) is 5.10 Å². The topological polar surface area (TPSA) is 93.3 Å². The number of nitro groups is 1. The first-order chi connectivity index (χ1) is 11.5. The summed E-state index contributed by atoms with van der Waals surface area (Å²) in [6.07, 6.45) is 0. The molecule has 1 aromatic heterocycles. The van der Waals surface area contributed by atoms with Crippen molar-refractivity contribution < 1.29 is 9.72 Å². The quantitative estimate of drug-likeness (QED) is 0.679. The van der Waals surface area contributed by atoms with Gasteiger partial charge in [0.05, 0.1) is 4.92 Å². The number of hydrogen-bond donors (Lipinski definition) is 1. The van der Waals surface area contributed by atoms with Crippen LogP contribution >= 0.6 is 0 Å². The van der Waals surface area contributed by atoms with Gasteiger partial charge in [0.15, 0.2) is 0 Å². The normalized spacial score (nSPS) is 11.3. The number of carbonyl (C=O) groups is 1. The van der Waals surface area contributed by atoms with Gasteiger partial charge in [-0.25, -0.2) is 0 Å². The zero-order chi connectivity index (χ0) is 18.9. The van der Waals surface area contributed by atoms with E-state index in [0.29, 0.717) is 5.69 Å². The summed E-state index contributed by atoms with van der Waals surface area (Å²) in [4.78, 5) is 25.6. The van der Waals surface area contributed by atoms with Crippen LogP contribution in [0.15, 0.2) is 24.3 Å². The van der Waals surface area contributed by atoms with E-state index in [1.165, 1.54) is 11.7 Å². The fraction of sp³-hybridized carbons (Fsp3) is 0.412. The molecule has 8 heteroatoms. The van der Waals surface area contributed by atoms with Gasteiger partial charge in [-0.3, -0.25) is 19.6 Å². The summed E-state index contributed by atoms with van der Waals surface area (Å²) < 4.78 is 1.27. The van der Waals surface area contributed by atoms with Gasteiger partial charge < -0.3 is 10.2 Å². The van der Waals surface area contributed by atoms with Crippen molar-refractivity contribution in [3.8, 4) is 0 Å². The minimum atomic E-state index is -0.560. The Labute approximate surface area is 146 Å². The number of carbonyl (C=O) groups excluding carboxylic acids is 1. The van der Waals surface area contributed by atoms with Crippen LogP contribution in [-0.4, -0.2) is 34.7 Å². The zero-order valence-electron chi connectivity index (χ0n) is 15.3. The van der Waals surface area contributed by atoms with Crippen molar-refractivity contribution in [2.24, 2.45) is 7.05 Å². The van der Waals surface area contributed by atoms with Crippen LogP contribution in [0, 0.1) is 10.1 Å². The molecule has 0 aliphatic rings. The molecule has 0 atom stereocenters. The predicted octanol–water partition coefficient (Wildman–Crippen LogP) is 2.94. The Bertz CT molecular complexity index is 801. The lowest BCUT2D eigenvalue weighted by Crippen LogP contribution is -2.18. The van der Waals surface area contributed by atoms with Crippen LogP contribution in [0.5, 0.6) is 0 Å². The summed E-state index contributed by atoms with van der Waals surface area (Å²) in [5, 5.41) is 18.5. The van der Waals surface area contributed by atoms with Crippen molar-refractivity contribution in [3.05, 3.63) is 45.8 Å². The minimum Gasteiger partial charge on any atom is -0.378 e. The van der Waals surface area contributed by atoms with Crippen LogP contribution in [0.3, 0.4) is 0 Å². The smallest absolute Gasteiger partial charge is 0.323 e. The largest absolute Gasteiger partial charge is 0.378 e. The maximum Gasteiger partial charge on any atom is 0.323 e. The van der Waals surface area contributed by atoms with Crippen molar-refractivity contribution in [2.75, 3.05) is 24.3 Å². The van der Waals surface area contributed by atoms with Crippen LogP contribution in [0.25, 0.3) is 0 Å². The van der Waals surface area contributed by atoms with E-state index >= 15 is 0 Å². The summed E-state index contributed by atoms with van der Waals surface area (Å²) in [6.45, 7) is 5.47. The molecular weight excluding hydrogens is 322 g/mol. The number of rotatable bonds is 4. The number of aromatic nitrogens is 2. The first-order valence-corrected chi connectivity index (χ1v) is 7.83. The second-order valence-corrected chi connectivity index (χ2v) is 7.07. The van der Waals surface area contributed by atoms with Gasteiger partial charge in [0.25, 0.3) is 5.91 Å². The molecule has 0 saturated heterocycles. The Hall–Kier alpha value is -2.90. The molecule has 0 aliphatic carbocycles. The highest BCUT2D eigenvalue weighted by atomic mass is 16.6. The van der Waals surface area contributed by atoms with Crippen molar-refractivity contribution in [1.29, 1.82) is 0 Å². The van der Waals surface area contributed by atoms with E-state index in [2.05, 4.69) is 10.4 Å². The highest BCUT2D eigenvalue weighted by Crippen LogP contribution is 2.33. The highest BCUT2D eigenvalue weighted by Gasteiger charge is 2.36. The number of amides is 1. The third-order valence-corrected chi connectivity index (χ3v) is 3.77. The maximum atomic E-state index is 12.6. The lowest BCUT2D eigenvalue weighted by molar-refractivity contribution is -0.386. The summed E-state index contributed by atoms with van der Waals surface area (Å²) in [7, 11) is 5.37. The standard InChI is InChI=1S/C17H23N5O3/c1-17(2,3)15-13(22(24)25)14(21(6)19-15)16(23)18-11-7-9-12(10-8-11)20(4)5/h7-10H,1-6H3,(H,18,23). The number of benzene rings is 1. The molecule has 134 valence electrons. The number of anilines is 2. The molecule has 1 amide bonds. The fourth-order valence-electron chi connectivity index (χ4n) is 2.48. The zero-order valence-corrected chi connectivity index (χ0v) is 15.3. The van der Waals surface area contributed by atoms with E-state index < -0.39 is 16.2 Å². The Balaban J connectivity index is 2.39. The molecule has 1 heterocycles. The van der Waals surface area contributed by atoms with Gasteiger partial charge >= 0.3 is 5.69 Å². The van der Waals surface area contributed by atoms with E-state index in [1.807, 2.05) is 51.9 Å². The molecule has 25 heavy (non-hydrogen) atoms. The minimum absolute atomic E-state index is 0.0633. The van der Waals surface area contributed by atoms with E-state index in [0.717, 1.165) is 5.69 Å². The first kappa shape index (κ1) is 18.4. The van der Waals surface area contributed by atoms with E-state index in [-0.39, 0.29) is 17.1 Å². The van der Waals surface area contributed by atoms with Crippen LogP contribution in [0.2, 0.25) is 0 Å². The van der Waals surface area contributed by atoms with Crippen molar-refractivity contribution >= 4 is 23.0 Å². The van der Waals surface area contributed by atoms with Gasteiger partial charge in [0, 0.05) is 37.9 Å². The fourth-order valence-corrected chi connectivity index (χ4v) is 2.48. The molecule has 2 rings (SSSR count). The molecule has 0 spiro atoms. The van der Waals surface area contributed by atoms with Gasteiger partial charge in [-0.05, 0) is 24.3 Å². The van der Waals surface area contributed by atoms with Gasteiger partial charge in [0.2, 0.25) is 5.69 Å². The van der Waals surface area contributed by atoms with Gasteiger partial charge in [-0.15, -0.1) is 0 Å². The second kappa shape index (κ2) is 6.54. The molecular formula is C17H23N5O3. The number of aryl methyl sites for hydroxylation is 1. The maximum absolute atomic E-state index is 12.6. The highest BCUT2D eigenvalue weighted by molar-refractivity contribution is 6.06. The van der Waals surface area contributed by atoms with Crippen molar-refractivity contribution in [3.63, 3.8) is 0 Å². The Morgan fingerprint density at radius 1 is 1.24 bits per heavy atom. The molecule has 0 radical (unpaired) electrons. The molecule has 0 fully saturated rings. The third kappa shape index (κ3) is 3.78. The van der Waals surface area contributed by atoms with Gasteiger partial charge in [0.1, 0.15) is 5.69 Å². The number of nitrogens with one attached hydrogen (secondary N) is 1. The van der Waals surface area contributed by atoms with Crippen LogP contribution in [0.4, 0.5) is 17.1 Å². The average molecular weight is 345 g/mol. The lowest BCUT2D eigenvalue weighted by Gasteiger charge is -2.14. The number of hydrogen-bond acceptors (Lipinski definition) is 5. The Morgan fingerprint density at radius 2 is 1.80 bits per heavy atom. The molecule has 0 unspecified atom stereocenters. The summed E-state index contributed by atoms with van der Waals surface area (Å²) in [5.41, 5.74) is 0.964. The number of nitrogens with zero attached hydrogens (tertiary/aromatic N) is 4. The van der Waals surface area contributed by atoms with Gasteiger partial charge in [-0.1, -0.05) is 20.8 Å². The van der Waals surface area contributed by atoms with Crippen LogP contribution in [0.1, 0.15) is 37.0 Å². The summed E-state index contributed by atoms with van der Waals surface area (Å²) in [5.74, 6) is -0.560. The second-order valence-electron chi connectivity index (χ2n) is 7.07. The van der Waals surface area contributed by atoms with E-state index in [1.54, 1.807) is 12.1 Å². The first-order valence-electron chi connectivity index (χ1n) is 7.83. The predicted molar refractivity (Wildman–Crippen MR) is 97.3 cm³/mol.